The van der Waals surface area contributed by atoms with Crippen LogP contribution in [0.25, 0.3) is 11.2 Å². The van der Waals surface area contributed by atoms with Crippen LogP contribution in [0.1, 0.15) is 54.9 Å². The Morgan fingerprint density at radius 3 is 2.30 bits per heavy atom. The Hall–Kier alpha value is -3.58. The van der Waals surface area contributed by atoms with Gasteiger partial charge >= 0.3 is 15.6 Å². The molecule has 0 saturated carbocycles. The highest BCUT2D eigenvalue weighted by Crippen LogP contribution is 2.60. The molecular weight excluding hydrogens is 788 g/mol. The van der Waals surface area contributed by atoms with Crippen LogP contribution < -0.4 is 26.7 Å². The molecule has 26 heteroatoms. The minimum atomic E-state index is -5.42. The van der Waals surface area contributed by atoms with Crippen LogP contribution in [0.15, 0.2) is 37.2 Å². The first-order valence-corrected chi connectivity index (χ1v) is 20.5. The summed E-state index contributed by atoms with van der Waals surface area (Å²) in [6, 6.07) is 2.84. The van der Waals surface area contributed by atoms with E-state index in [0.717, 1.165) is 19.3 Å². The van der Waals surface area contributed by atoms with Crippen LogP contribution in [0.2, 0.25) is 0 Å². The van der Waals surface area contributed by atoms with Crippen LogP contribution in [0.4, 0.5) is 5.82 Å². The molecule has 2 aliphatic rings. The number of nitrogens with one attached hydrogen (secondary N) is 2. The lowest BCUT2D eigenvalue weighted by molar-refractivity contribution is -0.765. The standard InChI is InChI=1S/C30H45N9O15P2/c31-8-3-1-2-7-20(40)33-9-5-10-34-27-21-28(36-15-35-27)39(16-37-21)30-25(44)23(42)19(53-30)14-51-56(48,49)54-55(46,47)50-13-18-22(41)24(43)29(52-18)38-11-4-6-17(12-38)26(32)45/h4,6,11-12,15-16,18-19,22-25,29-30,41-44H,1-3,5,7-10,13-14,31H2,(H5-,32,33,34,35,36,40,45,46,47,48,49)/p+1/t18-,19-,22-,23-,24-,25-,29-,30-/m1/s1. The highest BCUT2D eigenvalue weighted by atomic mass is 31.3. The molecule has 0 aliphatic carbocycles. The summed E-state index contributed by atoms with van der Waals surface area (Å²) in [7, 11) is -10.8. The van der Waals surface area contributed by atoms with Gasteiger partial charge in [-0.2, -0.15) is 8.88 Å². The van der Waals surface area contributed by atoms with Crippen LogP contribution in [0.3, 0.4) is 0 Å². The van der Waals surface area contributed by atoms with Crippen LogP contribution in [-0.2, 0) is 36.8 Å². The second kappa shape index (κ2) is 19.2. The fraction of sp³-hybridized carbons (Fsp3) is 0.600. The monoisotopic (exact) mass is 834 g/mol. The number of phosphoric ester groups is 2. The molecule has 2 amide bonds. The molecule has 2 saturated heterocycles. The van der Waals surface area contributed by atoms with Crippen molar-refractivity contribution in [2.45, 2.75) is 81.2 Å². The van der Waals surface area contributed by atoms with Crippen molar-refractivity contribution in [1.29, 1.82) is 0 Å². The van der Waals surface area contributed by atoms with Gasteiger partial charge in [0.2, 0.25) is 5.91 Å². The van der Waals surface area contributed by atoms with Gasteiger partial charge in [-0.3, -0.25) is 23.2 Å². The van der Waals surface area contributed by atoms with E-state index in [4.69, 9.17) is 30.0 Å². The molecule has 2 aliphatic heterocycles. The lowest BCUT2D eigenvalue weighted by atomic mass is 10.1. The highest BCUT2D eigenvalue weighted by Gasteiger charge is 2.50. The number of aliphatic hydroxyl groups excluding tert-OH is 4. The van der Waals surface area contributed by atoms with Gasteiger partial charge in [-0.25, -0.2) is 24.1 Å². The van der Waals surface area contributed by atoms with Gasteiger partial charge in [0.25, 0.3) is 12.1 Å². The molecule has 3 aromatic rings. The Bertz CT molecular complexity index is 1910. The Morgan fingerprint density at radius 2 is 1.61 bits per heavy atom. The lowest BCUT2D eigenvalue weighted by Crippen LogP contribution is -2.46. The van der Waals surface area contributed by atoms with Crippen LogP contribution in [0, 0.1) is 0 Å². The van der Waals surface area contributed by atoms with E-state index in [2.05, 4.69) is 29.9 Å². The number of amides is 2. The molecule has 0 aromatic carbocycles. The number of imidazole rings is 1. The maximum absolute atomic E-state index is 12.6. The number of rotatable bonds is 21. The number of anilines is 1. The maximum Gasteiger partial charge on any atom is 0.481 e. The van der Waals surface area contributed by atoms with Gasteiger partial charge in [0.1, 0.15) is 42.4 Å². The number of hydrogen-bond donors (Lipinski definition) is 10. The number of nitrogens with zero attached hydrogens (tertiary/aromatic N) is 5. The average Bonchev–Trinajstić information content (AvgIpc) is 3.80. The zero-order chi connectivity index (χ0) is 40.6. The number of ether oxygens (including phenoxy) is 2. The normalized spacial score (nSPS) is 27.2. The lowest BCUT2D eigenvalue weighted by Gasteiger charge is -2.20. The van der Waals surface area contributed by atoms with E-state index < -0.39 is 83.8 Å². The molecule has 3 aromatic heterocycles. The molecule has 0 spiro atoms. The number of unbranched alkanes of at least 4 members (excludes halogenated alkanes) is 2. The van der Waals surface area contributed by atoms with E-state index in [0.29, 0.717) is 43.8 Å². The van der Waals surface area contributed by atoms with E-state index >= 15 is 0 Å². The van der Waals surface area contributed by atoms with Gasteiger partial charge < -0.3 is 61.8 Å². The van der Waals surface area contributed by atoms with Gasteiger partial charge in [0, 0.05) is 25.6 Å². The molecule has 24 nitrogen and oxygen atoms in total. The molecule has 10 atom stereocenters. The topological polar surface area (TPSA) is 359 Å². The number of nitrogens with two attached hydrogens (primary N) is 2. The zero-order valence-electron chi connectivity index (χ0n) is 29.8. The van der Waals surface area contributed by atoms with Crippen LogP contribution >= 0.6 is 15.6 Å². The van der Waals surface area contributed by atoms with Crippen molar-refractivity contribution < 1.29 is 76.3 Å². The maximum atomic E-state index is 12.6. The molecule has 310 valence electrons. The minimum Gasteiger partial charge on any atom is -0.387 e. The van der Waals surface area contributed by atoms with E-state index in [1.807, 2.05) is 0 Å². The van der Waals surface area contributed by atoms with Crippen molar-refractivity contribution in [3.8, 4) is 0 Å². The first kappa shape index (κ1) is 43.5. The van der Waals surface area contributed by atoms with E-state index in [1.54, 1.807) is 0 Å². The predicted octanol–water partition coefficient (Wildman–Crippen LogP) is -2.16. The first-order valence-electron chi connectivity index (χ1n) is 17.5. The van der Waals surface area contributed by atoms with E-state index in [9.17, 15) is 48.9 Å². The molecule has 5 heterocycles. The van der Waals surface area contributed by atoms with Crippen molar-refractivity contribution in [1.82, 2.24) is 24.8 Å². The fourth-order valence-corrected chi connectivity index (χ4v) is 8.00. The third-order valence-electron chi connectivity index (χ3n) is 8.79. The molecule has 2 unspecified atom stereocenters. The molecule has 12 N–H and O–H groups in total. The number of carbonyl (C=O) groups is 2. The van der Waals surface area contributed by atoms with E-state index in [-0.39, 0.29) is 17.1 Å². The quantitative estimate of drug-likeness (QED) is 0.0310. The second-order valence-electron chi connectivity index (χ2n) is 12.9. The molecule has 2 fully saturated rings. The Labute approximate surface area is 318 Å². The summed E-state index contributed by atoms with van der Waals surface area (Å²) >= 11 is 0. The Morgan fingerprint density at radius 1 is 0.911 bits per heavy atom. The number of pyridine rings is 1. The van der Waals surface area contributed by atoms with Gasteiger partial charge in [-0.1, -0.05) is 6.42 Å². The summed E-state index contributed by atoms with van der Waals surface area (Å²) < 4.78 is 52.8. The van der Waals surface area contributed by atoms with Crippen molar-refractivity contribution >= 4 is 44.4 Å². The van der Waals surface area contributed by atoms with E-state index in [1.165, 1.54) is 46.3 Å². The number of primary amides is 1. The third-order valence-corrected chi connectivity index (χ3v) is 11.4. The largest absolute Gasteiger partial charge is 0.481 e. The number of hydrogen-bond acceptors (Lipinski definition) is 18. The van der Waals surface area contributed by atoms with Crippen molar-refractivity contribution in [2.75, 3.05) is 38.2 Å². The molecule has 0 bridgehead atoms. The Kier molecular flexibility index (Phi) is 15.0. The third kappa shape index (κ3) is 11.1. The molecule has 56 heavy (non-hydrogen) atoms. The summed E-state index contributed by atoms with van der Waals surface area (Å²) in [6.07, 6.45) is -3.35. The van der Waals surface area contributed by atoms with Crippen LogP contribution in [0.5, 0.6) is 0 Å². The van der Waals surface area contributed by atoms with Gasteiger partial charge in [0.05, 0.1) is 19.5 Å². The van der Waals surface area contributed by atoms with Crippen molar-refractivity contribution in [3.63, 3.8) is 0 Å². The van der Waals surface area contributed by atoms with Crippen molar-refractivity contribution in [3.05, 3.63) is 42.7 Å². The van der Waals surface area contributed by atoms with Crippen LogP contribution in [-0.4, -0.2) is 131 Å². The molecule has 5 rings (SSSR count). The summed E-state index contributed by atoms with van der Waals surface area (Å²) in [5.74, 6) is -0.463. The Balaban J connectivity index is 1.10. The number of fused-ring (bicyclic) bond motifs is 1. The zero-order valence-corrected chi connectivity index (χ0v) is 31.6. The number of aromatic nitrogens is 5. The fourth-order valence-electron chi connectivity index (χ4n) is 5.91. The minimum absolute atomic E-state index is 0.0428. The smallest absolute Gasteiger partial charge is 0.387 e. The molecular formula is C30H46N9O15P2+. The molecule has 0 radical (unpaired) electrons. The summed E-state index contributed by atoms with van der Waals surface area (Å²) in [4.78, 5) is 56.5. The van der Waals surface area contributed by atoms with Gasteiger partial charge in [-0.15, -0.1) is 0 Å². The number of carbonyl (C=O) groups excluding carboxylic acids is 2. The second-order valence-corrected chi connectivity index (χ2v) is 15.9. The van der Waals surface area contributed by atoms with Crippen molar-refractivity contribution in [2.24, 2.45) is 11.5 Å². The summed E-state index contributed by atoms with van der Waals surface area (Å²) in [5, 5.41) is 48.3. The summed E-state index contributed by atoms with van der Waals surface area (Å²) in [5.41, 5.74) is 11.3. The highest BCUT2D eigenvalue weighted by molar-refractivity contribution is 7.61. The SMILES string of the molecule is NCCCCCC(=O)NCCCNc1ncnc2c1ncn2[C@@H]1O[C@H](COP(=O)(O)OP(=O)(O)OC[C@H]2O[C@@H]([n+]3cccc(C(N)=O)c3)[C@H](O)[C@@H]2O)[C@@H](O)[C@H]1O. The van der Waals surface area contributed by atoms with Gasteiger partial charge in [-0.05, 0) is 31.9 Å². The average molecular weight is 835 g/mol. The number of aliphatic hydroxyl groups is 4. The summed E-state index contributed by atoms with van der Waals surface area (Å²) in [6.45, 7) is -0.371. The first-order chi connectivity index (χ1) is 26.6. The number of phosphoric acid groups is 2. The predicted molar refractivity (Wildman–Crippen MR) is 189 cm³/mol. The van der Waals surface area contributed by atoms with Gasteiger partial charge in [0.15, 0.2) is 41.7 Å².